The summed E-state index contributed by atoms with van der Waals surface area (Å²) >= 11 is 0. The first kappa shape index (κ1) is 15.2. The van der Waals surface area contributed by atoms with Crippen LogP contribution in [0.1, 0.15) is 36.7 Å². The molecule has 4 heteroatoms. The van der Waals surface area contributed by atoms with Crippen LogP contribution in [-0.2, 0) is 5.41 Å². The first-order valence-corrected chi connectivity index (χ1v) is 7.48. The van der Waals surface area contributed by atoms with E-state index in [1.165, 1.54) is 10.9 Å². The van der Waals surface area contributed by atoms with Gasteiger partial charge in [-0.15, -0.1) is 0 Å². The molecule has 116 valence electrons. The van der Waals surface area contributed by atoms with Crippen LogP contribution in [0.2, 0.25) is 0 Å². The molecular formula is C19H18N2O2. The van der Waals surface area contributed by atoms with Crippen molar-refractivity contribution < 1.29 is 4.79 Å². The van der Waals surface area contributed by atoms with Gasteiger partial charge in [0.25, 0.3) is 5.56 Å². The van der Waals surface area contributed by atoms with Crippen molar-refractivity contribution in [1.82, 2.24) is 9.55 Å². The Labute approximate surface area is 134 Å². The minimum absolute atomic E-state index is 0.00300. The zero-order valence-electron chi connectivity index (χ0n) is 13.4. The smallest absolute Gasteiger partial charge is 0.265 e. The van der Waals surface area contributed by atoms with E-state index in [4.69, 9.17) is 0 Å². The van der Waals surface area contributed by atoms with E-state index in [1.54, 1.807) is 24.3 Å². The second kappa shape index (κ2) is 5.47. The van der Waals surface area contributed by atoms with Crippen molar-refractivity contribution in [3.8, 4) is 5.69 Å². The first-order valence-electron chi connectivity index (χ1n) is 7.48. The van der Waals surface area contributed by atoms with Gasteiger partial charge < -0.3 is 0 Å². The summed E-state index contributed by atoms with van der Waals surface area (Å²) < 4.78 is 1.46. The zero-order chi connectivity index (χ0) is 16.6. The molecule has 23 heavy (non-hydrogen) atoms. The number of aromatic nitrogens is 2. The standard InChI is InChI=1S/C19H18N2O2/c1-19(2,3)14-7-8-16-17(10-14)20-12-21(18(16)23)15-6-4-5-13(9-15)11-22/h4-12H,1-3H3. The molecule has 2 aromatic carbocycles. The summed E-state index contributed by atoms with van der Waals surface area (Å²) in [6, 6.07) is 12.7. The maximum Gasteiger partial charge on any atom is 0.265 e. The van der Waals surface area contributed by atoms with Crippen LogP contribution >= 0.6 is 0 Å². The predicted molar refractivity (Wildman–Crippen MR) is 91.4 cm³/mol. The average molecular weight is 306 g/mol. The van der Waals surface area contributed by atoms with Gasteiger partial charge in [0.15, 0.2) is 0 Å². The lowest BCUT2D eigenvalue weighted by Gasteiger charge is -2.19. The largest absolute Gasteiger partial charge is 0.298 e. The molecule has 0 fully saturated rings. The van der Waals surface area contributed by atoms with E-state index in [0.29, 0.717) is 22.2 Å². The van der Waals surface area contributed by atoms with Crippen molar-refractivity contribution in [2.24, 2.45) is 0 Å². The van der Waals surface area contributed by atoms with Crippen LogP contribution in [0.3, 0.4) is 0 Å². The highest BCUT2D eigenvalue weighted by molar-refractivity contribution is 5.79. The number of carbonyl (C=O) groups is 1. The summed E-state index contributed by atoms with van der Waals surface area (Å²) in [5.41, 5.74) is 2.84. The molecule has 0 unspecified atom stereocenters. The minimum atomic E-state index is -0.140. The maximum absolute atomic E-state index is 12.7. The van der Waals surface area contributed by atoms with E-state index in [9.17, 15) is 9.59 Å². The predicted octanol–water partition coefficient (Wildman–Crippen LogP) is 3.50. The Hall–Kier alpha value is -2.75. The van der Waals surface area contributed by atoms with Crippen LogP contribution in [-0.4, -0.2) is 15.8 Å². The van der Waals surface area contributed by atoms with Gasteiger partial charge in [0.2, 0.25) is 0 Å². The van der Waals surface area contributed by atoms with Crippen LogP contribution in [0.15, 0.2) is 53.6 Å². The highest BCUT2D eigenvalue weighted by atomic mass is 16.1. The number of aldehydes is 1. The van der Waals surface area contributed by atoms with Gasteiger partial charge in [0, 0.05) is 5.56 Å². The molecule has 0 bridgehead atoms. The molecule has 0 aliphatic heterocycles. The average Bonchev–Trinajstić information content (AvgIpc) is 2.54. The van der Waals surface area contributed by atoms with Crippen LogP contribution in [0.25, 0.3) is 16.6 Å². The summed E-state index contributed by atoms with van der Waals surface area (Å²) in [7, 11) is 0. The molecule has 1 aromatic heterocycles. The Morgan fingerprint density at radius 2 is 1.87 bits per heavy atom. The number of carbonyl (C=O) groups excluding carboxylic acids is 1. The molecule has 3 rings (SSSR count). The van der Waals surface area contributed by atoms with Gasteiger partial charge in [0.1, 0.15) is 12.6 Å². The van der Waals surface area contributed by atoms with Crippen molar-refractivity contribution in [2.75, 3.05) is 0 Å². The molecule has 0 amide bonds. The van der Waals surface area contributed by atoms with E-state index in [2.05, 4.69) is 25.8 Å². The molecule has 0 aliphatic carbocycles. The molecule has 0 aliphatic rings. The molecule has 4 nitrogen and oxygen atoms in total. The molecule has 0 radical (unpaired) electrons. The third kappa shape index (κ3) is 2.80. The van der Waals surface area contributed by atoms with E-state index in [-0.39, 0.29) is 11.0 Å². The Bertz CT molecular complexity index is 949. The Morgan fingerprint density at radius 1 is 1.09 bits per heavy atom. The van der Waals surface area contributed by atoms with Gasteiger partial charge in [-0.3, -0.25) is 14.2 Å². The summed E-state index contributed by atoms with van der Waals surface area (Å²) in [6.45, 7) is 6.38. The molecule has 0 atom stereocenters. The number of nitrogens with zero attached hydrogens (tertiary/aromatic N) is 2. The Morgan fingerprint density at radius 3 is 2.57 bits per heavy atom. The fourth-order valence-electron chi connectivity index (χ4n) is 2.52. The SMILES string of the molecule is CC(C)(C)c1ccc2c(=O)n(-c3cccc(C=O)c3)cnc2c1. The molecule has 0 saturated heterocycles. The number of hydrogen-bond acceptors (Lipinski definition) is 3. The van der Waals surface area contributed by atoms with Gasteiger partial charge in [-0.05, 0) is 35.2 Å². The topological polar surface area (TPSA) is 52.0 Å². The van der Waals surface area contributed by atoms with E-state index in [1.807, 2.05) is 18.2 Å². The van der Waals surface area contributed by atoms with Gasteiger partial charge in [-0.1, -0.05) is 39.0 Å². The highest BCUT2D eigenvalue weighted by Crippen LogP contribution is 2.24. The summed E-state index contributed by atoms with van der Waals surface area (Å²) in [5, 5.41) is 0.567. The van der Waals surface area contributed by atoms with Crippen molar-refractivity contribution in [3.05, 3.63) is 70.3 Å². The third-order valence-corrected chi connectivity index (χ3v) is 3.91. The van der Waals surface area contributed by atoms with Crippen LogP contribution in [0.5, 0.6) is 0 Å². The summed E-state index contributed by atoms with van der Waals surface area (Å²) in [6.07, 6.45) is 2.28. The molecule has 0 saturated carbocycles. The monoisotopic (exact) mass is 306 g/mol. The van der Waals surface area contributed by atoms with Crippen LogP contribution < -0.4 is 5.56 Å². The summed E-state index contributed by atoms with van der Waals surface area (Å²) in [5.74, 6) is 0. The number of rotatable bonds is 2. The number of fused-ring (bicyclic) bond motifs is 1. The van der Waals surface area contributed by atoms with Gasteiger partial charge in [-0.2, -0.15) is 0 Å². The second-order valence-corrected chi connectivity index (χ2v) is 6.61. The van der Waals surface area contributed by atoms with E-state index < -0.39 is 0 Å². The lowest BCUT2D eigenvalue weighted by molar-refractivity contribution is 0.112. The quantitative estimate of drug-likeness (QED) is 0.681. The van der Waals surface area contributed by atoms with Crippen molar-refractivity contribution in [2.45, 2.75) is 26.2 Å². The minimum Gasteiger partial charge on any atom is -0.298 e. The molecule has 3 aromatic rings. The second-order valence-electron chi connectivity index (χ2n) is 6.61. The van der Waals surface area contributed by atoms with Crippen molar-refractivity contribution >= 4 is 17.2 Å². The Balaban J connectivity index is 2.20. The number of benzene rings is 2. The summed E-state index contributed by atoms with van der Waals surface area (Å²) in [4.78, 5) is 28.1. The van der Waals surface area contributed by atoms with Crippen molar-refractivity contribution in [3.63, 3.8) is 0 Å². The van der Waals surface area contributed by atoms with Crippen molar-refractivity contribution in [1.29, 1.82) is 0 Å². The fourth-order valence-corrected chi connectivity index (χ4v) is 2.52. The van der Waals surface area contributed by atoms with Crippen LogP contribution in [0.4, 0.5) is 0 Å². The molecule has 1 heterocycles. The zero-order valence-corrected chi connectivity index (χ0v) is 13.4. The Kier molecular flexibility index (Phi) is 3.60. The highest BCUT2D eigenvalue weighted by Gasteiger charge is 2.15. The van der Waals surface area contributed by atoms with Gasteiger partial charge in [-0.25, -0.2) is 4.98 Å². The number of hydrogen-bond donors (Lipinski definition) is 0. The van der Waals surface area contributed by atoms with Gasteiger partial charge >= 0.3 is 0 Å². The third-order valence-electron chi connectivity index (χ3n) is 3.91. The van der Waals surface area contributed by atoms with E-state index in [0.717, 1.165) is 11.8 Å². The van der Waals surface area contributed by atoms with E-state index >= 15 is 0 Å². The maximum atomic E-state index is 12.7. The molecular weight excluding hydrogens is 288 g/mol. The normalized spacial score (nSPS) is 11.6. The van der Waals surface area contributed by atoms with Gasteiger partial charge in [0.05, 0.1) is 16.6 Å². The molecule has 0 N–H and O–H groups in total. The lowest BCUT2D eigenvalue weighted by atomic mass is 9.86. The fraction of sp³-hybridized carbons (Fsp3) is 0.211. The van der Waals surface area contributed by atoms with Crippen LogP contribution in [0, 0.1) is 0 Å². The first-order chi connectivity index (χ1) is 10.9. The molecule has 0 spiro atoms. The lowest BCUT2D eigenvalue weighted by Crippen LogP contribution is -2.19.